The zero-order valence-corrected chi connectivity index (χ0v) is 11.6. The van der Waals surface area contributed by atoms with Crippen molar-refractivity contribution in [2.24, 2.45) is 12.8 Å². The molecule has 0 bridgehead atoms. The Kier molecular flexibility index (Phi) is 3.53. The van der Waals surface area contributed by atoms with Gasteiger partial charge in [0.25, 0.3) is 0 Å². The number of nitrogens with zero attached hydrogens (tertiary/aromatic N) is 2. The highest BCUT2D eigenvalue weighted by atomic mass is 15.3. The molecule has 2 aromatic rings. The van der Waals surface area contributed by atoms with Crippen molar-refractivity contribution >= 4 is 0 Å². The van der Waals surface area contributed by atoms with Gasteiger partial charge in [0.15, 0.2) is 0 Å². The lowest BCUT2D eigenvalue weighted by Gasteiger charge is -2.18. The Hall–Kier alpha value is -1.61. The van der Waals surface area contributed by atoms with Crippen molar-refractivity contribution in [2.45, 2.75) is 26.7 Å². The second-order valence-electron chi connectivity index (χ2n) is 4.98. The van der Waals surface area contributed by atoms with E-state index in [1.54, 1.807) is 0 Å². The summed E-state index contributed by atoms with van der Waals surface area (Å²) >= 11 is 0. The zero-order valence-electron chi connectivity index (χ0n) is 11.6. The maximum atomic E-state index is 5.99. The van der Waals surface area contributed by atoms with Gasteiger partial charge in [0.2, 0.25) is 0 Å². The van der Waals surface area contributed by atoms with Gasteiger partial charge in [0.05, 0.1) is 5.69 Å². The van der Waals surface area contributed by atoms with Gasteiger partial charge in [-0.05, 0) is 38.0 Å². The average Bonchev–Trinajstić information content (AvgIpc) is 2.64. The van der Waals surface area contributed by atoms with Crippen molar-refractivity contribution in [3.63, 3.8) is 0 Å². The number of aromatic nitrogens is 2. The topological polar surface area (TPSA) is 43.8 Å². The van der Waals surface area contributed by atoms with Crippen LogP contribution in [0.25, 0.3) is 0 Å². The van der Waals surface area contributed by atoms with E-state index in [1.807, 2.05) is 18.7 Å². The monoisotopic (exact) mass is 243 g/mol. The average molecular weight is 243 g/mol. The standard InChI is InChI=1S/C15H21N3/c1-10-5-6-11(2)13(7-10)14(9-16)15-8-12(3)17-18(15)4/h5-8,14H,9,16H2,1-4H3. The molecule has 0 spiro atoms. The van der Waals surface area contributed by atoms with Crippen LogP contribution in [0.15, 0.2) is 24.3 Å². The molecule has 0 aliphatic carbocycles. The molecule has 3 nitrogen and oxygen atoms in total. The van der Waals surface area contributed by atoms with Crippen LogP contribution in [0.2, 0.25) is 0 Å². The quantitative estimate of drug-likeness (QED) is 0.899. The molecule has 1 atom stereocenters. The molecule has 2 N–H and O–H groups in total. The van der Waals surface area contributed by atoms with Gasteiger partial charge in [-0.3, -0.25) is 4.68 Å². The minimum Gasteiger partial charge on any atom is -0.329 e. The lowest BCUT2D eigenvalue weighted by molar-refractivity contribution is 0.658. The van der Waals surface area contributed by atoms with Crippen LogP contribution in [0.5, 0.6) is 0 Å². The summed E-state index contributed by atoms with van der Waals surface area (Å²) in [5.74, 6) is 0.219. The predicted molar refractivity (Wildman–Crippen MR) is 74.8 cm³/mol. The highest BCUT2D eigenvalue weighted by Gasteiger charge is 2.18. The van der Waals surface area contributed by atoms with E-state index in [4.69, 9.17) is 5.73 Å². The third-order valence-electron chi connectivity index (χ3n) is 3.44. The molecule has 0 radical (unpaired) electrons. The largest absolute Gasteiger partial charge is 0.329 e. The van der Waals surface area contributed by atoms with Gasteiger partial charge in [-0.25, -0.2) is 0 Å². The summed E-state index contributed by atoms with van der Waals surface area (Å²) in [6.07, 6.45) is 0. The molecule has 1 aromatic carbocycles. The summed E-state index contributed by atoms with van der Waals surface area (Å²) in [6, 6.07) is 8.66. The maximum Gasteiger partial charge on any atom is 0.0596 e. The van der Waals surface area contributed by atoms with E-state index in [2.05, 4.69) is 43.2 Å². The molecule has 2 rings (SSSR count). The first kappa shape index (κ1) is 12.8. The fourth-order valence-corrected chi connectivity index (χ4v) is 2.50. The molecular formula is C15H21N3. The third kappa shape index (κ3) is 2.31. The zero-order chi connectivity index (χ0) is 13.3. The first-order valence-electron chi connectivity index (χ1n) is 6.30. The molecular weight excluding hydrogens is 222 g/mol. The molecule has 0 saturated heterocycles. The Morgan fingerprint density at radius 2 is 1.94 bits per heavy atom. The first-order chi connectivity index (χ1) is 8.52. The Balaban J connectivity index is 2.51. The third-order valence-corrected chi connectivity index (χ3v) is 3.44. The number of aryl methyl sites for hydroxylation is 4. The van der Waals surface area contributed by atoms with E-state index < -0.39 is 0 Å². The van der Waals surface area contributed by atoms with Gasteiger partial charge in [-0.2, -0.15) is 5.10 Å². The van der Waals surface area contributed by atoms with Gasteiger partial charge in [0.1, 0.15) is 0 Å². The molecule has 0 amide bonds. The summed E-state index contributed by atoms with van der Waals surface area (Å²) in [7, 11) is 1.98. The Bertz CT molecular complexity index is 555. The van der Waals surface area contributed by atoms with Crippen molar-refractivity contribution in [2.75, 3.05) is 6.54 Å². The smallest absolute Gasteiger partial charge is 0.0596 e. The van der Waals surface area contributed by atoms with Crippen molar-refractivity contribution in [3.05, 3.63) is 52.3 Å². The minimum atomic E-state index is 0.219. The lowest BCUT2D eigenvalue weighted by Crippen LogP contribution is -2.18. The Morgan fingerprint density at radius 1 is 1.22 bits per heavy atom. The number of rotatable bonds is 3. The molecule has 3 heteroatoms. The number of benzene rings is 1. The van der Waals surface area contributed by atoms with E-state index >= 15 is 0 Å². The van der Waals surface area contributed by atoms with Crippen LogP contribution in [-0.4, -0.2) is 16.3 Å². The van der Waals surface area contributed by atoms with E-state index in [9.17, 15) is 0 Å². The molecule has 0 fully saturated rings. The van der Waals surface area contributed by atoms with Gasteiger partial charge in [0, 0.05) is 25.2 Å². The summed E-state index contributed by atoms with van der Waals surface area (Å²) in [4.78, 5) is 0. The number of hydrogen-bond donors (Lipinski definition) is 1. The van der Waals surface area contributed by atoms with Crippen molar-refractivity contribution in [1.82, 2.24) is 9.78 Å². The van der Waals surface area contributed by atoms with Gasteiger partial charge in [-0.15, -0.1) is 0 Å². The van der Waals surface area contributed by atoms with Crippen LogP contribution in [0, 0.1) is 20.8 Å². The van der Waals surface area contributed by atoms with Gasteiger partial charge in [-0.1, -0.05) is 23.8 Å². The van der Waals surface area contributed by atoms with E-state index in [-0.39, 0.29) is 5.92 Å². The molecule has 0 aliphatic rings. The predicted octanol–water partition coefficient (Wildman–Crippen LogP) is 2.44. The number of nitrogens with two attached hydrogens (primary N) is 1. The molecule has 1 aromatic heterocycles. The lowest BCUT2D eigenvalue weighted by atomic mass is 9.90. The van der Waals surface area contributed by atoms with Crippen LogP contribution in [0.1, 0.15) is 34.0 Å². The summed E-state index contributed by atoms with van der Waals surface area (Å²) in [5.41, 5.74) is 12.1. The molecule has 96 valence electrons. The van der Waals surface area contributed by atoms with Crippen LogP contribution >= 0.6 is 0 Å². The van der Waals surface area contributed by atoms with Crippen LogP contribution in [0.4, 0.5) is 0 Å². The van der Waals surface area contributed by atoms with E-state index in [0.717, 1.165) is 5.69 Å². The van der Waals surface area contributed by atoms with Gasteiger partial charge < -0.3 is 5.73 Å². The summed E-state index contributed by atoms with van der Waals surface area (Å²) in [5, 5.41) is 4.42. The van der Waals surface area contributed by atoms with Crippen LogP contribution in [-0.2, 0) is 7.05 Å². The normalized spacial score (nSPS) is 12.7. The highest BCUT2D eigenvalue weighted by molar-refractivity contribution is 5.38. The minimum absolute atomic E-state index is 0.219. The van der Waals surface area contributed by atoms with Gasteiger partial charge >= 0.3 is 0 Å². The maximum absolute atomic E-state index is 5.99. The Labute approximate surface area is 109 Å². The second-order valence-corrected chi connectivity index (χ2v) is 4.98. The Morgan fingerprint density at radius 3 is 2.50 bits per heavy atom. The van der Waals surface area contributed by atoms with E-state index in [1.165, 1.54) is 22.4 Å². The fraction of sp³-hybridized carbons (Fsp3) is 0.400. The number of hydrogen-bond acceptors (Lipinski definition) is 2. The fourth-order valence-electron chi connectivity index (χ4n) is 2.50. The molecule has 0 aliphatic heterocycles. The molecule has 1 unspecified atom stereocenters. The molecule has 0 saturated carbocycles. The van der Waals surface area contributed by atoms with Crippen LogP contribution < -0.4 is 5.73 Å². The summed E-state index contributed by atoms with van der Waals surface area (Å²) < 4.78 is 1.94. The second kappa shape index (κ2) is 4.94. The summed E-state index contributed by atoms with van der Waals surface area (Å²) in [6.45, 7) is 6.87. The van der Waals surface area contributed by atoms with Crippen molar-refractivity contribution in [1.29, 1.82) is 0 Å². The molecule has 1 heterocycles. The van der Waals surface area contributed by atoms with E-state index in [0.29, 0.717) is 6.54 Å². The molecule has 18 heavy (non-hydrogen) atoms. The van der Waals surface area contributed by atoms with Crippen LogP contribution in [0.3, 0.4) is 0 Å². The first-order valence-corrected chi connectivity index (χ1v) is 6.30. The van der Waals surface area contributed by atoms with Crippen molar-refractivity contribution in [3.8, 4) is 0 Å². The van der Waals surface area contributed by atoms with Crippen molar-refractivity contribution < 1.29 is 0 Å². The SMILES string of the molecule is Cc1ccc(C)c(C(CN)c2cc(C)nn2C)c1. The highest BCUT2D eigenvalue weighted by Crippen LogP contribution is 2.27.